The molecule has 3 N–H and O–H groups in total. The molecule has 2 amide bonds. The lowest BCUT2D eigenvalue weighted by Crippen LogP contribution is -2.45. The molecular formula is C21H22Cl2FN3O4. The van der Waals surface area contributed by atoms with Gasteiger partial charge in [0.05, 0.1) is 22.3 Å². The predicted octanol–water partition coefficient (Wildman–Crippen LogP) is 3.04. The maximum Gasteiger partial charge on any atom is 0.257 e. The van der Waals surface area contributed by atoms with E-state index < -0.39 is 23.2 Å². The summed E-state index contributed by atoms with van der Waals surface area (Å²) >= 11 is 11.3. The lowest BCUT2D eigenvalue weighted by atomic mass is 9.96. The summed E-state index contributed by atoms with van der Waals surface area (Å²) in [5, 5.41) is 16.1. The molecule has 0 fully saturated rings. The van der Waals surface area contributed by atoms with Gasteiger partial charge in [0.2, 0.25) is 0 Å². The summed E-state index contributed by atoms with van der Waals surface area (Å²) in [7, 11) is 0. The Morgan fingerprint density at radius 1 is 1.26 bits per heavy atom. The molecule has 0 bridgehead atoms. The number of halogens is 3. The Hall–Kier alpha value is -2.68. The van der Waals surface area contributed by atoms with Crippen molar-refractivity contribution in [1.82, 2.24) is 15.6 Å². The van der Waals surface area contributed by atoms with Gasteiger partial charge in [0.15, 0.2) is 12.2 Å². The molecule has 166 valence electrons. The van der Waals surface area contributed by atoms with Crippen molar-refractivity contribution >= 4 is 35.0 Å². The lowest BCUT2D eigenvalue weighted by Gasteiger charge is -2.23. The van der Waals surface area contributed by atoms with Gasteiger partial charge in [0, 0.05) is 18.8 Å². The van der Waals surface area contributed by atoms with Gasteiger partial charge in [0.1, 0.15) is 11.6 Å². The van der Waals surface area contributed by atoms with Crippen molar-refractivity contribution in [2.75, 3.05) is 13.2 Å². The van der Waals surface area contributed by atoms with Crippen molar-refractivity contribution in [3.8, 4) is 5.75 Å². The molecule has 7 nitrogen and oxygen atoms in total. The average Bonchev–Trinajstić information content (AvgIpc) is 2.76. The first kappa shape index (κ1) is 24.6. The second kappa shape index (κ2) is 11.6. The fourth-order valence-electron chi connectivity index (χ4n) is 2.50. The number of carbonyl (C=O) groups is 2. The third-order valence-electron chi connectivity index (χ3n) is 4.27. The zero-order valence-electron chi connectivity index (χ0n) is 16.5. The van der Waals surface area contributed by atoms with Crippen molar-refractivity contribution in [3.63, 3.8) is 0 Å². The highest BCUT2D eigenvalue weighted by atomic mass is 35.5. The summed E-state index contributed by atoms with van der Waals surface area (Å²) < 4.78 is 18.5. The minimum absolute atomic E-state index is 0.0416. The molecule has 0 saturated carbocycles. The van der Waals surface area contributed by atoms with Crippen LogP contribution in [0.3, 0.4) is 0 Å². The Bertz CT molecular complexity index is 927. The third kappa shape index (κ3) is 7.82. The summed E-state index contributed by atoms with van der Waals surface area (Å²) in [5.41, 5.74) is -1.22. The van der Waals surface area contributed by atoms with Crippen LogP contribution in [0.4, 0.5) is 4.39 Å². The minimum atomic E-state index is -1.80. The van der Waals surface area contributed by atoms with Crippen LogP contribution >= 0.6 is 23.2 Å². The van der Waals surface area contributed by atoms with E-state index in [1.165, 1.54) is 18.3 Å². The molecule has 10 heteroatoms. The number of nitrogens with zero attached hydrogens (tertiary/aromatic N) is 1. The fourth-order valence-corrected chi connectivity index (χ4v) is 2.72. The minimum Gasteiger partial charge on any atom is -0.484 e. The number of pyridine rings is 1. The van der Waals surface area contributed by atoms with Crippen molar-refractivity contribution in [1.29, 1.82) is 0 Å². The van der Waals surface area contributed by atoms with Gasteiger partial charge in [-0.25, -0.2) is 4.39 Å². The Morgan fingerprint density at radius 2 is 2.03 bits per heavy atom. The van der Waals surface area contributed by atoms with E-state index in [0.29, 0.717) is 17.1 Å². The van der Waals surface area contributed by atoms with Crippen LogP contribution in [0.2, 0.25) is 10.0 Å². The Morgan fingerprint density at radius 3 is 2.68 bits per heavy atom. The summed E-state index contributed by atoms with van der Waals surface area (Å²) in [6, 6.07) is 7.16. The Balaban J connectivity index is 1.71. The first-order valence-corrected chi connectivity index (χ1v) is 10.1. The van der Waals surface area contributed by atoms with E-state index in [1.54, 1.807) is 12.1 Å². The first-order chi connectivity index (χ1) is 14.7. The molecule has 2 aromatic rings. The second-order valence-electron chi connectivity index (χ2n) is 6.60. The van der Waals surface area contributed by atoms with E-state index in [0.717, 1.165) is 12.1 Å². The van der Waals surface area contributed by atoms with Crippen molar-refractivity contribution in [2.45, 2.75) is 25.0 Å². The van der Waals surface area contributed by atoms with E-state index in [1.807, 2.05) is 0 Å². The molecule has 1 atom stereocenters. The zero-order valence-corrected chi connectivity index (χ0v) is 18.0. The van der Waals surface area contributed by atoms with Gasteiger partial charge in [-0.15, -0.1) is 0 Å². The monoisotopic (exact) mass is 469 g/mol. The van der Waals surface area contributed by atoms with Gasteiger partial charge < -0.3 is 20.5 Å². The van der Waals surface area contributed by atoms with Gasteiger partial charge in [-0.3, -0.25) is 14.6 Å². The quantitative estimate of drug-likeness (QED) is 0.346. The fraction of sp³-hybridized carbons (Fsp3) is 0.286. The molecule has 0 aliphatic rings. The molecule has 0 aliphatic heterocycles. The van der Waals surface area contributed by atoms with E-state index in [4.69, 9.17) is 27.9 Å². The van der Waals surface area contributed by atoms with E-state index in [9.17, 15) is 19.1 Å². The Kier molecular flexibility index (Phi) is 9.23. The lowest BCUT2D eigenvalue weighted by molar-refractivity contribution is -0.136. The normalized spacial score (nSPS) is 12.5. The van der Waals surface area contributed by atoms with Crippen LogP contribution in [0.5, 0.6) is 5.75 Å². The van der Waals surface area contributed by atoms with Gasteiger partial charge in [-0.2, -0.15) is 0 Å². The molecule has 1 unspecified atom stereocenters. The third-order valence-corrected chi connectivity index (χ3v) is 4.80. The number of nitrogens with one attached hydrogen (secondary N) is 2. The molecule has 2 rings (SSSR count). The highest BCUT2D eigenvalue weighted by molar-refractivity contribution is 6.30. The maximum absolute atomic E-state index is 13.3. The molecule has 31 heavy (non-hydrogen) atoms. The molecule has 1 aromatic heterocycles. The first-order valence-electron chi connectivity index (χ1n) is 9.33. The van der Waals surface area contributed by atoms with Crippen molar-refractivity contribution in [3.05, 3.63) is 70.7 Å². The highest BCUT2D eigenvalue weighted by Crippen LogP contribution is 2.20. The summed E-state index contributed by atoms with van der Waals surface area (Å²) in [6.07, 6.45) is 2.95. The summed E-state index contributed by atoms with van der Waals surface area (Å²) in [6.45, 7) is 3.51. The van der Waals surface area contributed by atoms with Gasteiger partial charge in [-0.05, 0) is 37.1 Å². The second-order valence-corrected chi connectivity index (χ2v) is 7.44. The summed E-state index contributed by atoms with van der Waals surface area (Å²) in [5.74, 6) is -1.53. The highest BCUT2D eigenvalue weighted by Gasteiger charge is 2.31. The predicted molar refractivity (Wildman–Crippen MR) is 115 cm³/mol. The molecule has 1 aromatic carbocycles. The summed E-state index contributed by atoms with van der Waals surface area (Å²) in [4.78, 5) is 28.2. The number of hydrogen-bond donors (Lipinski definition) is 3. The molecular weight excluding hydrogens is 448 g/mol. The van der Waals surface area contributed by atoms with Gasteiger partial charge in [0.25, 0.3) is 11.8 Å². The average molecular weight is 470 g/mol. The van der Waals surface area contributed by atoms with Crippen LogP contribution in [0.1, 0.15) is 18.5 Å². The molecule has 0 radical (unpaired) electrons. The van der Waals surface area contributed by atoms with Gasteiger partial charge >= 0.3 is 0 Å². The van der Waals surface area contributed by atoms with Crippen LogP contribution in [-0.4, -0.2) is 40.7 Å². The number of amides is 2. The van der Waals surface area contributed by atoms with Crippen molar-refractivity contribution in [2.24, 2.45) is 0 Å². The zero-order chi connectivity index (χ0) is 22.9. The largest absolute Gasteiger partial charge is 0.484 e. The van der Waals surface area contributed by atoms with Crippen LogP contribution < -0.4 is 15.4 Å². The van der Waals surface area contributed by atoms with Crippen LogP contribution in [0.15, 0.2) is 49.2 Å². The number of aliphatic hydroxyl groups is 1. The molecule has 0 aliphatic carbocycles. The Labute approximate surface area is 189 Å². The standard InChI is InChI=1S/C21H22Cl2FN3O4/c1-2-21(30,20(29)27-12-15-5-4-14(22)11-26-15)8-3-9-25-19(28)13-31-16-6-7-17(23)18(24)10-16/h2,4-7,10-11,30H,1,3,8-9,12-13H2,(H,25,28)(H,27,29). The SMILES string of the molecule is C=CC(O)(CCCNC(=O)COc1ccc(Cl)c(F)c1)C(=O)NCc1ccc(Cl)cn1. The topological polar surface area (TPSA) is 101 Å². The van der Waals surface area contributed by atoms with Crippen LogP contribution in [0, 0.1) is 5.82 Å². The number of benzene rings is 1. The van der Waals surface area contributed by atoms with Crippen LogP contribution in [-0.2, 0) is 16.1 Å². The van der Waals surface area contributed by atoms with Crippen LogP contribution in [0.25, 0.3) is 0 Å². The van der Waals surface area contributed by atoms with Gasteiger partial charge in [-0.1, -0.05) is 35.9 Å². The van der Waals surface area contributed by atoms with E-state index >= 15 is 0 Å². The number of hydrogen-bond acceptors (Lipinski definition) is 5. The molecule has 0 spiro atoms. The number of aromatic nitrogens is 1. The van der Waals surface area contributed by atoms with E-state index in [2.05, 4.69) is 22.2 Å². The number of rotatable bonds is 11. The number of ether oxygens (including phenoxy) is 1. The molecule has 0 saturated heterocycles. The smallest absolute Gasteiger partial charge is 0.257 e. The number of carbonyl (C=O) groups excluding carboxylic acids is 2. The maximum atomic E-state index is 13.3. The molecule has 1 heterocycles. The van der Waals surface area contributed by atoms with E-state index in [-0.39, 0.29) is 36.9 Å². The van der Waals surface area contributed by atoms with Crippen molar-refractivity contribution < 1.29 is 23.8 Å².